The Morgan fingerprint density at radius 3 is 3.14 bits per heavy atom. The zero-order valence-electron chi connectivity index (χ0n) is 7.93. The van der Waals surface area contributed by atoms with E-state index in [-0.39, 0.29) is 0 Å². The number of nitrogen functional groups attached to an aromatic ring is 1. The van der Waals surface area contributed by atoms with Crippen LogP contribution < -0.4 is 11.1 Å². The lowest BCUT2D eigenvalue weighted by atomic mass is 10.0. The zero-order chi connectivity index (χ0) is 9.54. The van der Waals surface area contributed by atoms with E-state index in [9.17, 15) is 0 Å². The Kier molecular flexibility index (Phi) is 1.55. The first-order valence-electron chi connectivity index (χ1n) is 4.94. The molecule has 0 radical (unpaired) electrons. The van der Waals surface area contributed by atoms with Gasteiger partial charge in [0.2, 0.25) is 0 Å². The fourth-order valence-corrected chi connectivity index (χ4v) is 2.19. The van der Waals surface area contributed by atoms with Crippen molar-refractivity contribution in [1.82, 2.24) is 10.3 Å². The molecule has 0 atom stereocenters. The Hall–Kier alpha value is -1.48. The minimum absolute atomic E-state index is 0.823. The van der Waals surface area contributed by atoms with Crippen molar-refractivity contribution in [2.24, 2.45) is 0 Å². The summed E-state index contributed by atoms with van der Waals surface area (Å²) in [6, 6.07) is 6.09. The molecule has 0 amide bonds. The molecule has 2 aromatic rings. The summed E-state index contributed by atoms with van der Waals surface area (Å²) in [5, 5.41) is 4.68. The molecule has 1 aliphatic rings. The van der Waals surface area contributed by atoms with Crippen molar-refractivity contribution in [2.75, 3.05) is 12.3 Å². The number of rotatable bonds is 0. The van der Waals surface area contributed by atoms with Crippen LogP contribution in [0.3, 0.4) is 0 Å². The second-order valence-electron chi connectivity index (χ2n) is 3.81. The van der Waals surface area contributed by atoms with Crippen LogP contribution in [0.1, 0.15) is 11.3 Å². The molecule has 0 bridgehead atoms. The van der Waals surface area contributed by atoms with E-state index in [1.54, 1.807) is 0 Å². The van der Waals surface area contributed by atoms with Crippen LogP contribution >= 0.6 is 0 Å². The lowest BCUT2D eigenvalue weighted by molar-refractivity contribution is 0.637. The average Bonchev–Trinajstić information content (AvgIpc) is 2.54. The Labute approximate surface area is 82.3 Å². The van der Waals surface area contributed by atoms with Crippen LogP contribution in [-0.2, 0) is 13.0 Å². The molecule has 1 aromatic carbocycles. The summed E-state index contributed by atoms with van der Waals surface area (Å²) in [4.78, 5) is 3.41. The minimum atomic E-state index is 0.823. The second-order valence-corrected chi connectivity index (χ2v) is 3.81. The van der Waals surface area contributed by atoms with E-state index in [4.69, 9.17) is 5.73 Å². The van der Waals surface area contributed by atoms with Crippen LogP contribution in [-0.4, -0.2) is 11.5 Å². The molecule has 3 rings (SSSR count). The predicted molar refractivity (Wildman–Crippen MR) is 58.1 cm³/mol. The third-order valence-electron chi connectivity index (χ3n) is 2.87. The van der Waals surface area contributed by atoms with Crippen molar-refractivity contribution < 1.29 is 0 Å². The number of fused-ring (bicyclic) bond motifs is 3. The van der Waals surface area contributed by atoms with Crippen LogP contribution in [0.2, 0.25) is 0 Å². The van der Waals surface area contributed by atoms with Crippen LogP contribution in [0.4, 0.5) is 5.69 Å². The zero-order valence-corrected chi connectivity index (χ0v) is 7.93. The van der Waals surface area contributed by atoms with Crippen molar-refractivity contribution in [3.8, 4) is 0 Å². The van der Waals surface area contributed by atoms with Gasteiger partial charge in [0.1, 0.15) is 0 Å². The summed E-state index contributed by atoms with van der Waals surface area (Å²) in [5.41, 5.74) is 10.5. The summed E-state index contributed by atoms with van der Waals surface area (Å²) in [5.74, 6) is 0. The van der Waals surface area contributed by atoms with E-state index in [0.29, 0.717) is 0 Å². The van der Waals surface area contributed by atoms with Gasteiger partial charge in [0.15, 0.2) is 0 Å². The Bertz CT molecular complexity index is 484. The fourth-order valence-electron chi connectivity index (χ4n) is 2.19. The Balaban J connectivity index is 2.31. The highest BCUT2D eigenvalue weighted by Crippen LogP contribution is 2.26. The minimum Gasteiger partial charge on any atom is -0.399 e. The lowest BCUT2D eigenvalue weighted by Crippen LogP contribution is -2.22. The molecular weight excluding hydrogens is 174 g/mol. The smallest absolute Gasteiger partial charge is 0.0479 e. The van der Waals surface area contributed by atoms with Crippen LogP contribution in [0.15, 0.2) is 18.2 Å². The van der Waals surface area contributed by atoms with E-state index < -0.39 is 0 Å². The molecule has 2 heterocycles. The third-order valence-corrected chi connectivity index (χ3v) is 2.87. The number of aromatic nitrogens is 1. The second kappa shape index (κ2) is 2.75. The number of H-pyrrole nitrogens is 1. The van der Waals surface area contributed by atoms with Gasteiger partial charge in [-0.15, -0.1) is 0 Å². The van der Waals surface area contributed by atoms with Gasteiger partial charge in [-0.1, -0.05) is 6.07 Å². The average molecular weight is 187 g/mol. The van der Waals surface area contributed by atoms with Gasteiger partial charge in [-0.2, -0.15) is 0 Å². The highest BCUT2D eigenvalue weighted by atomic mass is 14.9. The van der Waals surface area contributed by atoms with Crippen LogP contribution in [0.5, 0.6) is 0 Å². The number of anilines is 1. The normalized spacial score (nSPS) is 15.7. The quantitative estimate of drug-likeness (QED) is 0.546. The van der Waals surface area contributed by atoms with E-state index >= 15 is 0 Å². The molecule has 4 N–H and O–H groups in total. The van der Waals surface area contributed by atoms with Crippen LogP contribution in [0, 0.1) is 0 Å². The first-order chi connectivity index (χ1) is 6.84. The number of nitrogens with two attached hydrogens (primary N) is 1. The largest absolute Gasteiger partial charge is 0.399 e. The molecule has 0 fully saturated rings. The van der Waals surface area contributed by atoms with Crippen LogP contribution in [0.25, 0.3) is 10.9 Å². The molecule has 72 valence electrons. The summed E-state index contributed by atoms with van der Waals surface area (Å²) in [7, 11) is 0. The highest BCUT2D eigenvalue weighted by molar-refractivity contribution is 5.87. The Morgan fingerprint density at radius 2 is 2.21 bits per heavy atom. The monoisotopic (exact) mass is 187 g/mol. The maximum absolute atomic E-state index is 5.75. The molecule has 0 saturated heterocycles. The molecule has 0 saturated carbocycles. The standard InChI is InChI=1S/C11H13N3/c12-7-1-2-8-9-3-4-13-6-11(9)14-10(8)5-7/h1-2,5,13-14H,3-4,6,12H2. The molecule has 14 heavy (non-hydrogen) atoms. The number of benzene rings is 1. The maximum Gasteiger partial charge on any atom is 0.0479 e. The van der Waals surface area contributed by atoms with E-state index in [1.165, 1.54) is 22.2 Å². The van der Waals surface area contributed by atoms with Gasteiger partial charge in [-0.25, -0.2) is 0 Å². The van der Waals surface area contributed by atoms with Gasteiger partial charge in [0.05, 0.1) is 0 Å². The molecule has 0 unspecified atom stereocenters. The molecule has 0 aliphatic carbocycles. The SMILES string of the molecule is Nc1ccc2c3c([nH]c2c1)CNCC3. The maximum atomic E-state index is 5.75. The molecule has 1 aromatic heterocycles. The fraction of sp³-hybridized carbons (Fsp3) is 0.273. The lowest BCUT2D eigenvalue weighted by Gasteiger charge is -2.12. The number of hydrogen-bond donors (Lipinski definition) is 3. The number of nitrogens with one attached hydrogen (secondary N) is 2. The predicted octanol–water partition coefficient (Wildman–Crippen LogP) is 1.40. The van der Waals surface area contributed by atoms with Gasteiger partial charge in [-0.05, 0) is 30.7 Å². The van der Waals surface area contributed by atoms with Gasteiger partial charge in [0, 0.05) is 28.8 Å². The number of aromatic amines is 1. The van der Waals surface area contributed by atoms with Crippen molar-refractivity contribution >= 4 is 16.6 Å². The van der Waals surface area contributed by atoms with Crippen molar-refractivity contribution in [3.63, 3.8) is 0 Å². The van der Waals surface area contributed by atoms with E-state index in [1.807, 2.05) is 12.1 Å². The molecule has 1 aliphatic heterocycles. The Morgan fingerprint density at radius 1 is 1.29 bits per heavy atom. The summed E-state index contributed by atoms with van der Waals surface area (Å²) < 4.78 is 0. The third kappa shape index (κ3) is 1.02. The molecule has 0 spiro atoms. The van der Waals surface area contributed by atoms with E-state index in [0.717, 1.165) is 25.2 Å². The molecule has 3 heteroatoms. The van der Waals surface area contributed by atoms with Crippen molar-refractivity contribution in [2.45, 2.75) is 13.0 Å². The van der Waals surface area contributed by atoms with E-state index in [2.05, 4.69) is 16.4 Å². The first kappa shape index (κ1) is 7.88. The highest BCUT2D eigenvalue weighted by Gasteiger charge is 2.14. The van der Waals surface area contributed by atoms with Gasteiger partial charge in [-0.3, -0.25) is 0 Å². The summed E-state index contributed by atoms with van der Waals surface area (Å²) in [6.07, 6.45) is 1.11. The van der Waals surface area contributed by atoms with Crippen molar-refractivity contribution in [3.05, 3.63) is 29.5 Å². The summed E-state index contributed by atoms with van der Waals surface area (Å²) >= 11 is 0. The van der Waals surface area contributed by atoms with Gasteiger partial charge >= 0.3 is 0 Å². The molecular formula is C11H13N3. The molecule has 3 nitrogen and oxygen atoms in total. The topological polar surface area (TPSA) is 53.8 Å². The first-order valence-corrected chi connectivity index (χ1v) is 4.94. The van der Waals surface area contributed by atoms with Crippen molar-refractivity contribution in [1.29, 1.82) is 0 Å². The summed E-state index contributed by atoms with van der Waals surface area (Å²) in [6.45, 7) is 2.02. The number of hydrogen-bond acceptors (Lipinski definition) is 2. The van der Waals surface area contributed by atoms with Gasteiger partial charge in [0.25, 0.3) is 0 Å². The van der Waals surface area contributed by atoms with Gasteiger partial charge < -0.3 is 16.0 Å².